The molecule has 2 atom stereocenters. The standard InChI is InChI=1S/C11H19N3O3S/c1-3-14-6-9(2)11(7-14)13-18(15,16)8-10-4-5-17-12-10/h4-5,9,11,13H,3,6-8H2,1-2H3/t9-,11+/m0/s1. The summed E-state index contributed by atoms with van der Waals surface area (Å²) in [6.07, 6.45) is 1.38. The van der Waals surface area contributed by atoms with Gasteiger partial charge in [-0.3, -0.25) is 0 Å². The van der Waals surface area contributed by atoms with Gasteiger partial charge in [0.2, 0.25) is 10.0 Å². The summed E-state index contributed by atoms with van der Waals surface area (Å²) in [4.78, 5) is 2.24. The minimum atomic E-state index is -3.35. The van der Waals surface area contributed by atoms with Gasteiger partial charge in [0.15, 0.2) is 0 Å². The second-order valence-corrected chi connectivity index (χ2v) is 6.56. The number of likely N-dealkylation sites (N-methyl/N-ethyl adjacent to an activating group) is 1. The lowest BCUT2D eigenvalue weighted by Crippen LogP contribution is -2.40. The maximum absolute atomic E-state index is 12.0. The van der Waals surface area contributed by atoms with Gasteiger partial charge in [0.1, 0.15) is 12.0 Å². The molecule has 0 bridgehead atoms. The van der Waals surface area contributed by atoms with Crippen molar-refractivity contribution in [3.8, 4) is 0 Å². The van der Waals surface area contributed by atoms with Crippen molar-refractivity contribution < 1.29 is 12.9 Å². The topological polar surface area (TPSA) is 75.4 Å². The summed E-state index contributed by atoms with van der Waals surface area (Å²) in [5, 5.41) is 3.62. The van der Waals surface area contributed by atoms with Crippen molar-refractivity contribution in [2.24, 2.45) is 5.92 Å². The van der Waals surface area contributed by atoms with E-state index in [-0.39, 0.29) is 11.8 Å². The molecule has 0 aliphatic carbocycles. The SMILES string of the molecule is CCN1C[C@H](C)[C@H](NS(=O)(=O)Cc2ccon2)C1. The average molecular weight is 273 g/mol. The lowest BCUT2D eigenvalue weighted by atomic mass is 10.1. The Hall–Kier alpha value is -0.920. The lowest BCUT2D eigenvalue weighted by molar-refractivity contribution is 0.344. The van der Waals surface area contributed by atoms with Crippen molar-refractivity contribution in [1.82, 2.24) is 14.8 Å². The van der Waals surface area contributed by atoms with Crippen molar-refractivity contribution >= 4 is 10.0 Å². The first-order chi connectivity index (χ1) is 8.50. The largest absolute Gasteiger partial charge is 0.364 e. The van der Waals surface area contributed by atoms with Gasteiger partial charge in [0.25, 0.3) is 0 Å². The Kier molecular flexibility index (Phi) is 4.04. The van der Waals surface area contributed by atoms with E-state index in [0.29, 0.717) is 11.6 Å². The Morgan fingerprint density at radius 3 is 2.89 bits per heavy atom. The third kappa shape index (κ3) is 3.30. The van der Waals surface area contributed by atoms with Crippen LogP contribution in [0.5, 0.6) is 0 Å². The van der Waals surface area contributed by atoms with Gasteiger partial charge in [-0.25, -0.2) is 13.1 Å². The summed E-state index contributed by atoms with van der Waals surface area (Å²) in [7, 11) is -3.35. The molecule has 1 fully saturated rings. The van der Waals surface area contributed by atoms with Gasteiger partial charge >= 0.3 is 0 Å². The van der Waals surface area contributed by atoms with Crippen molar-refractivity contribution in [2.45, 2.75) is 25.6 Å². The molecule has 0 unspecified atom stereocenters. The van der Waals surface area contributed by atoms with E-state index < -0.39 is 10.0 Å². The van der Waals surface area contributed by atoms with E-state index in [1.165, 1.54) is 6.26 Å². The van der Waals surface area contributed by atoms with E-state index >= 15 is 0 Å². The van der Waals surface area contributed by atoms with Crippen molar-refractivity contribution in [3.63, 3.8) is 0 Å². The van der Waals surface area contributed by atoms with E-state index in [2.05, 4.69) is 33.1 Å². The molecule has 1 saturated heterocycles. The summed E-state index contributed by atoms with van der Waals surface area (Å²) < 4.78 is 31.4. The first kappa shape index (κ1) is 13.5. The summed E-state index contributed by atoms with van der Waals surface area (Å²) in [5.74, 6) is 0.204. The van der Waals surface area contributed by atoms with Crippen LogP contribution in [0.4, 0.5) is 0 Å². The summed E-state index contributed by atoms with van der Waals surface area (Å²) in [6.45, 7) is 6.81. The van der Waals surface area contributed by atoms with Gasteiger partial charge in [-0.05, 0) is 12.5 Å². The van der Waals surface area contributed by atoms with Crippen LogP contribution >= 0.6 is 0 Å². The molecule has 0 aromatic carbocycles. The van der Waals surface area contributed by atoms with E-state index in [4.69, 9.17) is 0 Å². The predicted molar refractivity (Wildman–Crippen MR) is 67.3 cm³/mol. The summed E-state index contributed by atoms with van der Waals surface area (Å²) >= 11 is 0. The van der Waals surface area contributed by atoms with Crippen molar-refractivity contribution in [2.75, 3.05) is 19.6 Å². The van der Waals surface area contributed by atoms with Gasteiger partial charge < -0.3 is 9.42 Å². The molecule has 6 nitrogen and oxygen atoms in total. The Morgan fingerprint density at radius 1 is 1.56 bits per heavy atom. The number of rotatable bonds is 5. The van der Waals surface area contributed by atoms with Gasteiger partial charge in [0.05, 0.1) is 5.69 Å². The molecular weight excluding hydrogens is 254 g/mol. The predicted octanol–water partition coefficient (Wildman–Crippen LogP) is 0.434. The zero-order valence-electron chi connectivity index (χ0n) is 10.7. The first-order valence-electron chi connectivity index (χ1n) is 6.12. The highest BCUT2D eigenvalue weighted by Crippen LogP contribution is 2.17. The Bertz CT molecular complexity index is 472. The summed E-state index contributed by atoms with van der Waals surface area (Å²) in [6, 6.07) is 1.55. The Labute approximate surface area is 107 Å². The number of sulfonamides is 1. The fraction of sp³-hybridized carbons (Fsp3) is 0.727. The first-order valence-corrected chi connectivity index (χ1v) is 7.77. The zero-order chi connectivity index (χ0) is 13.2. The van der Waals surface area contributed by atoms with Crippen LogP contribution in [0.1, 0.15) is 19.5 Å². The van der Waals surface area contributed by atoms with Crippen LogP contribution in [-0.4, -0.2) is 44.2 Å². The van der Waals surface area contributed by atoms with Gasteiger partial charge in [-0.2, -0.15) is 0 Å². The van der Waals surface area contributed by atoms with E-state index in [1.54, 1.807) is 6.07 Å². The molecule has 0 saturated carbocycles. The molecule has 1 N–H and O–H groups in total. The third-order valence-corrected chi connectivity index (χ3v) is 4.63. The maximum Gasteiger partial charge on any atom is 0.217 e. The highest BCUT2D eigenvalue weighted by molar-refractivity contribution is 7.88. The average Bonchev–Trinajstić information content (AvgIpc) is 2.88. The number of nitrogens with zero attached hydrogens (tertiary/aromatic N) is 2. The number of hydrogen-bond acceptors (Lipinski definition) is 5. The quantitative estimate of drug-likeness (QED) is 0.842. The molecule has 2 rings (SSSR count). The minimum Gasteiger partial charge on any atom is -0.364 e. The van der Waals surface area contributed by atoms with Crippen LogP contribution in [0.25, 0.3) is 0 Å². The smallest absolute Gasteiger partial charge is 0.217 e. The number of aromatic nitrogens is 1. The minimum absolute atomic E-state index is 0.0122. The molecule has 0 radical (unpaired) electrons. The van der Waals surface area contributed by atoms with E-state index in [9.17, 15) is 8.42 Å². The monoisotopic (exact) mass is 273 g/mol. The molecule has 18 heavy (non-hydrogen) atoms. The molecule has 7 heteroatoms. The molecule has 1 aliphatic heterocycles. The Morgan fingerprint density at radius 2 is 2.33 bits per heavy atom. The lowest BCUT2D eigenvalue weighted by Gasteiger charge is -2.16. The van der Waals surface area contributed by atoms with Gasteiger partial charge in [-0.1, -0.05) is 19.0 Å². The second-order valence-electron chi connectivity index (χ2n) is 4.80. The summed E-state index contributed by atoms with van der Waals surface area (Å²) in [5.41, 5.74) is 0.431. The normalized spacial score (nSPS) is 25.7. The van der Waals surface area contributed by atoms with Crippen LogP contribution in [0.2, 0.25) is 0 Å². The van der Waals surface area contributed by atoms with Crippen LogP contribution in [0.3, 0.4) is 0 Å². The highest BCUT2D eigenvalue weighted by Gasteiger charge is 2.31. The molecule has 2 heterocycles. The van der Waals surface area contributed by atoms with Crippen LogP contribution < -0.4 is 4.72 Å². The van der Waals surface area contributed by atoms with Crippen LogP contribution in [-0.2, 0) is 15.8 Å². The Balaban J connectivity index is 1.96. The number of hydrogen-bond donors (Lipinski definition) is 1. The fourth-order valence-corrected chi connectivity index (χ4v) is 3.65. The van der Waals surface area contributed by atoms with Crippen LogP contribution in [0.15, 0.2) is 16.9 Å². The maximum atomic E-state index is 12.0. The molecule has 102 valence electrons. The van der Waals surface area contributed by atoms with Crippen molar-refractivity contribution in [3.05, 3.63) is 18.0 Å². The van der Waals surface area contributed by atoms with Crippen molar-refractivity contribution in [1.29, 1.82) is 0 Å². The molecular formula is C11H19N3O3S. The molecule has 1 aromatic rings. The van der Waals surface area contributed by atoms with E-state index in [1.807, 2.05) is 0 Å². The molecule has 0 spiro atoms. The van der Waals surface area contributed by atoms with E-state index in [0.717, 1.165) is 19.6 Å². The van der Waals surface area contributed by atoms with Crippen LogP contribution in [0, 0.1) is 5.92 Å². The second kappa shape index (κ2) is 5.38. The zero-order valence-corrected chi connectivity index (χ0v) is 11.5. The fourth-order valence-electron chi connectivity index (χ4n) is 2.26. The molecule has 1 aromatic heterocycles. The molecule has 0 amide bonds. The third-order valence-electron chi connectivity index (χ3n) is 3.30. The van der Waals surface area contributed by atoms with Gasteiger partial charge in [-0.15, -0.1) is 0 Å². The molecule has 1 aliphatic rings. The van der Waals surface area contributed by atoms with Gasteiger partial charge in [0, 0.05) is 25.2 Å². The number of nitrogens with one attached hydrogen (secondary N) is 1. The highest BCUT2D eigenvalue weighted by atomic mass is 32.2. The number of likely N-dealkylation sites (tertiary alicyclic amines) is 1.